The lowest BCUT2D eigenvalue weighted by Crippen LogP contribution is -1.90. The van der Waals surface area contributed by atoms with Crippen LogP contribution in [0.15, 0.2) is 36.0 Å². The molecule has 0 aliphatic heterocycles. The summed E-state index contributed by atoms with van der Waals surface area (Å²) in [7, 11) is 0. The van der Waals surface area contributed by atoms with E-state index in [1.54, 1.807) is 36.0 Å². The summed E-state index contributed by atoms with van der Waals surface area (Å²) in [6.07, 6.45) is 3.20. The summed E-state index contributed by atoms with van der Waals surface area (Å²) in [4.78, 5) is 17.8. The van der Waals surface area contributed by atoms with Gasteiger partial charge in [0.2, 0.25) is 5.95 Å². The van der Waals surface area contributed by atoms with Crippen LogP contribution in [-0.4, -0.2) is 21.0 Å². The molecule has 0 aromatic carbocycles. The van der Waals surface area contributed by atoms with Crippen LogP contribution in [0.2, 0.25) is 0 Å². The van der Waals surface area contributed by atoms with Crippen LogP contribution in [0.3, 0.4) is 0 Å². The van der Waals surface area contributed by atoms with Gasteiger partial charge in [0.05, 0.1) is 0 Å². The molecule has 2 heterocycles. The van der Waals surface area contributed by atoms with E-state index in [0.717, 1.165) is 0 Å². The molecular weight excluding hydrogens is 214 g/mol. The third-order valence-corrected chi connectivity index (χ3v) is 2.18. The number of nitrogens with zero attached hydrogens (tertiary/aromatic N) is 2. The number of carboxylic acid groups (broad SMARTS) is 1. The molecule has 78 valence electrons. The van der Waals surface area contributed by atoms with Crippen LogP contribution < -0.4 is 5.73 Å². The van der Waals surface area contributed by atoms with Crippen molar-refractivity contribution < 1.29 is 9.90 Å². The Labute approximate surface area is 90.2 Å². The van der Waals surface area contributed by atoms with Gasteiger partial charge in [-0.25, -0.2) is 14.8 Å². The molecule has 15 heavy (non-hydrogen) atoms. The monoisotopic (exact) mass is 223 g/mol. The summed E-state index contributed by atoms with van der Waals surface area (Å²) < 4.78 is 0. The van der Waals surface area contributed by atoms with Gasteiger partial charge in [-0.05, 0) is 17.5 Å². The Bertz CT molecular complexity index is 403. The first-order chi connectivity index (χ1) is 7.20. The lowest BCUT2D eigenvalue weighted by Gasteiger charge is -1.82. The number of carboxylic acids is 1. The third-order valence-electron chi connectivity index (χ3n) is 1.32. The first kappa shape index (κ1) is 11.1. The summed E-state index contributed by atoms with van der Waals surface area (Å²) in [5, 5.41) is 10.0. The van der Waals surface area contributed by atoms with Gasteiger partial charge in [0.25, 0.3) is 0 Å². The zero-order chi connectivity index (χ0) is 11.1. The highest BCUT2D eigenvalue weighted by Gasteiger charge is 1.99. The van der Waals surface area contributed by atoms with Gasteiger partial charge in [-0.15, -0.1) is 11.3 Å². The van der Waals surface area contributed by atoms with Gasteiger partial charge in [-0.3, -0.25) is 0 Å². The van der Waals surface area contributed by atoms with Gasteiger partial charge < -0.3 is 10.8 Å². The van der Waals surface area contributed by atoms with E-state index >= 15 is 0 Å². The van der Waals surface area contributed by atoms with E-state index < -0.39 is 5.97 Å². The van der Waals surface area contributed by atoms with E-state index in [9.17, 15) is 4.79 Å². The first-order valence-electron chi connectivity index (χ1n) is 3.99. The van der Waals surface area contributed by atoms with Gasteiger partial charge in [0.1, 0.15) is 4.88 Å². The quantitative estimate of drug-likeness (QED) is 0.764. The maximum absolute atomic E-state index is 10.1. The van der Waals surface area contributed by atoms with E-state index in [4.69, 9.17) is 10.8 Å². The van der Waals surface area contributed by atoms with Crippen molar-refractivity contribution in [3.05, 3.63) is 40.8 Å². The topological polar surface area (TPSA) is 89.1 Å². The maximum atomic E-state index is 10.1. The molecule has 0 aliphatic carbocycles. The second-order valence-corrected chi connectivity index (χ2v) is 3.34. The van der Waals surface area contributed by atoms with Crippen LogP contribution in [0.25, 0.3) is 0 Å². The molecule has 0 radical (unpaired) electrons. The van der Waals surface area contributed by atoms with Crippen molar-refractivity contribution in [1.29, 1.82) is 0 Å². The summed E-state index contributed by atoms with van der Waals surface area (Å²) in [5.41, 5.74) is 5.14. The molecular formula is C9H9N3O2S. The molecule has 2 aromatic heterocycles. The molecule has 0 saturated heterocycles. The third kappa shape index (κ3) is 4.19. The zero-order valence-corrected chi connectivity index (χ0v) is 8.52. The van der Waals surface area contributed by atoms with Crippen molar-refractivity contribution in [3.63, 3.8) is 0 Å². The molecule has 2 rings (SSSR count). The first-order valence-corrected chi connectivity index (χ1v) is 4.87. The normalized spacial score (nSPS) is 8.80. The SMILES string of the molecule is Nc1ncccn1.O=C(O)c1cccs1. The number of anilines is 1. The standard InChI is InChI=1S/C5H4O2S.C4H5N3/c6-5(7)4-2-1-3-8-4;5-4-6-2-1-3-7-4/h1-3H,(H,6,7);1-3H,(H2,5,6,7). The lowest BCUT2D eigenvalue weighted by atomic mass is 10.5. The van der Waals surface area contributed by atoms with E-state index in [0.29, 0.717) is 10.8 Å². The Morgan fingerprint density at radius 2 is 2.00 bits per heavy atom. The largest absolute Gasteiger partial charge is 0.477 e. The number of rotatable bonds is 1. The second kappa shape index (κ2) is 5.71. The zero-order valence-electron chi connectivity index (χ0n) is 7.70. The fourth-order valence-electron chi connectivity index (χ4n) is 0.711. The molecule has 0 amide bonds. The molecule has 2 aromatic rings. The number of carbonyl (C=O) groups is 1. The second-order valence-electron chi connectivity index (χ2n) is 2.39. The lowest BCUT2D eigenvalue weighted by molar-refractivity contribution is 0.0702. The molecule has 0 aliphatic rings. The minimum atomic E-state index is -0.847. The Hall–Kier alpha value is -1.95. The summed E-state index contributed by atoms with van der Waals surface area (Å²) in [6, 6.07) is 5.01. The van der Waals surface area contributed by atoms with Crippen LogP contribution in [0.5, 0.6) is 0 Å². The molecule has 0 saturated carbocycles. The number of hydrogen-bond donors (Lipinski definition) is 2. The number of nitrogen functional groups attached to an aromatic ring is 1. The van der Waals surface area contributed by atoms with Crippen molar-refractivity contribution >= 4 is 23.3 Å². The van der Waals surface area contributed by atoms with Crippen LogP contribution in [0.4, 0.5) is 5.95 Å². The average Bonchev–Trinajstić information content (AvgIpc) is 2.72. The number of aromatic nitrogens is 2. The Balaban J connectivity index is 0.000000151. The molecule has 0 fully saturated rings. The predicted octanol–water partition coefficient (Wildman–Crippen LogP) is 1.51. The molecule has 0 bridgehead atoms. The van der Waals surface area contributed by atoms with Crippen LogP contribution >= 0.6 is 11.3 Å². The Kier molecular flexibility index (Phi) is 4.24. The van der Waals surface area contributed by atoms with Crippen molar-refractivity contribution in [2.24, 2.45) is 0 Å². The molecule has 0 spiro atoms. The van der Waals surface area contributed by atoms with Gasteiger partial charge in [0.15, 0.2) is 0 Å². The molecule has 5 nitrogen and oxygen atoms in total. The fraction of sp³-hybridized carbons (Fsp3) is 0. The van der Waals surface area contributed by atoms with E-state index in [1.807, 2.05) is 0 Å². The number of thiophene rings is 1. The highest BCUT2D eigenvalue weighted by molar-refractivity contribution is 7.11. The van der Waals surface area contributed by atoms with Crippen LogP contribution in [0.1, 0.15) is 9.67 Å². The van der Waals surface area contributed by atoms with E-state index in [1.165, 1.54) is 11.3 Å². The minimum absolute atomic E-state index is 0.322. The molecule has 0 unspecified atom stereocenters. The Morgan fingerprint density at radius 1 is 1.33 bits per heavy atom. The van der Waals surface area contributed by atoms with Crippen LogP contribution in [0, 0.1) is 0 Å². The smallest absolute Gasteiger partial charge is 0.345 e. The Morgan fingerprint density at radius 3 is 2.27 bits per heavy atom. The van der Waals surface area contributed by atoms with Gasteiger partial charge in [0, 0.05) is 12.4 Å². The van der Waals surface area contributed by atoms with Gasteiger partial charge >= 0.3 is 5.97 Å². The molecule has 6 heteroatoms. The molecule has 3 N–H and O–H groups in total. The highest BCUT2D eigenvalue weighted by Crippen LogP contribution is 2.06. The molecule has 0 atom stereocenters. The van der Waals surface area contributed by atoms with E-state index in [2.05, 4.69) is 9.97 Å². The van der Waals surface area contributed by atoms with Crippen molar-refractivity contribution in [2.45, 2.75) is 0 Å². The van der Waals surface area contributed by atoms with E-state index in [-0.39, 0.29) is 0 Å². The number of nitrogens with two attached hydrogens (primary N) is 1. The van der Waals surface area contributed by atoms with Crippen molar-refractivity contribution in [3.8, 4) is 0 Å². The maximum Gasteiger partial charge on any atom is 0.345 e. The predicted molar refractivity (Wildman–Crippen MR) is 57.7 cm³/mol. The van der Waals surface area contributed by atoms with Gasteiger partial charge in [-0.2, -0.15) is 0 Å². The van der Waals surface area contributed by atoms with Crippen molar-refractivity contribution in [1.82, 2.24) is 9.97 Å². The number of hydrogen-bond acceptors (Lipinski definition) is 5. The minimum Gasteiger partial charge on any atom is -0.477 e. The van der Waals surface area contributed by atoms with Gasteiger partial charge in [-0.1, -0.05) is 6.07 Å². The van der Waals surface area contributed by atoms with Crippen LogP contribution in [-0.2, 0) is 0 Å². The summed E-state index contributed by atoms with van der Waals surface area (Å²) >= 11 is 1.23. The fourth-order valence-corrected chi connectivity index (χ4v) is 1.27. The van der Waals surface area contributed by atoms with Crippen molar-refractivity contribution in [2.75, 3.05) is 5.73 Å². The summed E-state index contributed by atoms with van der Waals surface area (Å²) in [6.45, 7) is 0. The average molecular weight is 223 g/mol. The highest BCUT2D eigenvalue weighted by atomic mass is 32.1. The summed E-state index contributed by atoms with van der Waals surface area (Å²) in [5.74, 6) is -0.525. The number of aromatic carboxylic acids is 1.